The first kappa shape index (κ1) is 19.0. The number of anilines is 1. The van der Waals surface area contributed by atoms with E-state index in [2.05, 4.69) is 5.32 Å². The lowest BCUT2D eigenvalue weighted by molar-refractivity contribution is 0.0619. The maximum Gasteiger partial charge on any atom is 0.254 e. The fraction of sp³-hybridized carbons (Fsp3) is 0.278. The number of ether oxygens (including phenoxy) is 1. The zero-order valence-corrected chi connectivity index (χ0v) is 14.6. The number of fused-ring (bicyclic) bond motifs is 1. The van der Waals surface area contributed by atoms with E-state index in [0.29, 0.717) is 17.9 Å². The van der Waals surface area contributed by atoms with Crippen LogP contribution in [-0.4, -0.2) is 11.5 Å². The van der Waals surface area contributed by atoms with Crippen LogP contribution in [0.15, 0.2) is 36.4 Å². The van der Waals surface area contributed by atoms with Crippen LogP contribution in [0.25, 0.3) is 0 Å². The SMILES string of the molecule is CC1(C)CC(NC(=O)c2cc(F)ccc2F)c2cc(N)ccc2O1.Cl. The smallest absolute Gasteiger partial charge is 0.254 e. The largest absolute Gasteiger partial charge is 0.487 e. The van der Waals surface area contributed by atoms with Crippen molar-refractivity contribution in [2.45, 2.75) is 31.9 Å². The molecule has 134 valence electrons. The molecule has 0 fully saturated rings. The summed E-state index contributed by atoms with van der Waals surface area (Å²) in [5.74, 6) is -1.50. The van der Waals surface area contributed by atoms with Gasteiger partial charge in [0.25, 0.3) is 5.91 Å². The van der Waals surface area contributed by atoms with Crippen LogP contribution in [0.4, 0.5) is 14.5 Å². The highest BCUT2D eigenvalue weighted by molar-refractivity contribution is 5.94. The Labute approximate surface area is 150 Å². The third-order valence-electron chi connectivity index (χ3n) is 3.97. The number of rotatable bonds is 2. The van der Waals surface area contributed by atoms with Crippen molar-refractivity contribution < 1.29 is 18.3 Å². The van der Waals surface area contributed by atoms with E-state index in [0.717, 1.165) is 23.8 Å². The first-order chi connectivity index (χ1) is 11.2. The van der Waals surface area contributed by atoms with Gasteiger partial charge in [0.2, 0.25) is 0 Å². The van der Waals surface area contributed by atoms with Crippen molar-refractivity contribution >= 4 is 24.0 Å². The molecule has 0 radical (unpaired) electrons. The molecule has 1 unspecified atom stereocenters. The van der Waals surface area contributed by atoms with Gasteiger partial charge in [-0.3, -0.25) is 4.79 Å². The molecule has 1 aliphatic rings. The Bertz CT molecular complexity index is 812. The van der Waals surface area contributed by atoms with Crippen LogP contribution in [-0.2, 0) is 0 Å². The van der Waals surface area contributed by atoms with E-state index in [1.807, 2.05) is 13.8 Å². The molecule has 0 saturated heterocycles. The van der Waals surface area contributed by atoms with E-state index >= 15 is 0 Å². The molecule has 0 bridgehead atoms. The number of amides is 1. The number of carbonyl (C=O) groups excluding carboxylic acids is 1. The van der Waals surface area contributed by atoms with Crippen molar-refractivity contribution in [3.8, 4) is 5.75 Å². The van der Waals surface area contributed by atoms with E-state index < -0.39 is 29.2 Å². The zero-order valence-electron chi connectivity index (χ0n) is 13.8. The van der Waals surface area contributed by atoms with Crippen LogP contribution in [0.1, 0.15) is 42.2 Å². The molecule has 1 heterocycles. The molecule has 0 aromatic heterocycles. The average Bonchev–Trinajstić information content (AvgIpc) is 2.49. The summed E-state index contributed by atoms with van der Waals surface area (Å²) in [5, 5.41) is 2.76. The number of hydrogen-bond donors (Lipinski definition) is 2. The summed E-state index contributed by atoms with van der Waals surface area (Å²) < 4.78 is 33.0. The summed E-state index contributed by atoms with van der Waals surface area (Å²) in [6.07, 6.45) is 0.478. The number of benzene rings is 2. The number of carbonyl (C=O) groups is 1. The fourth-order valence-corrected chi connectivity index (χ4v) is 2.91. The zero-order chi connectivity index (χ0) is 17.5. The van der Waals surface area contributed by atoms with Gasteiger partial charge in [-0.15, -0.1) is 12.4 Å². The van der Waals surface area contributed by atoms with E-state index in [9.17, 15) is 13.6 Å². The molecule has 0 aliphatic carbocycles. The second-order valence-electron chi connectivity index (χ2n) is 6.51. The molecule has 0 spiro atoms. The molecular weight excluding hydrogens is 350 g/mol. The number of halogens is 3. The summed E-state index contributed by atoms with van der Waals surface area (Å²) in [4.78, 5) is 12.4. The highest BCUT2D eigenvalue weighted by Gasteiger charge is 2.35. The van der Waals surface area contributed by atoms with Gasteiger partial charge in [0.15, 0.2) is 0 Å². The van der Waals surface area contributed by atoms with Crippen molar-refractivity contribution in [2.75, 3.05) is 5.73 Å². The minimum absolute atomic E-state index is 0. The average molecular weight is 369 g/mol. The minimum atomic E-state index is -0.770. The predicted octanol–water partition coefficient (Wildman–Crippen LogP) is 4.00. The summed E-state index contributed by atoms with van der Waals surface area (Å²) >= 11 is 0. The summed E-state index contributed by atoms with van der Waals surface area (Å²) in [7, 11) is 0. The Morgan fingerprint density at radius 2 is 1.96 bits per heavy atom. The van der Waals surface area contributed by atoms with Crippen molar-refractivity contribution in [3.63, 3.8) is 0 Å². The van der Waals surface area contributed by atoms with Crippen LogP contribution in [0.3, 0.4) is 0 Å². The Hall–Kier alpha value is -2.34. The predicted molar refractivity (Wildman–Crippen MR) is 94.0 cm³/mol. The summed E-state index contributed by atoms with van der Waals surface area (Å²) in [6, 6.07) is 7.55. The molecule has 7 heteroatoms. The standard InChI is InChI=1S/C18H18F2N2O2.ClH/c1-18(2)9-15(13-8-11(21)4-6-16(13)24-18)22-17(23)12-7-10(19)3-5-14(12)20;/h3-8,15H,9,21H2,1-2H3,(H,22,23);1H. The van der Waals surface area contributed by atoms with Crippen LogP contribution in [0.5, 0.6) is 5.75 Å². The van der Waals surface area contributed by atoms with Gasteiger partial charge in [0.05, 0.1) is 11.6 Å². The van der Waals surface area contributed by atoms with Crippen LogP contribution < -0.4 is 15.8 Å². The van der Waals surface area contributed by atoms with Crippen LogP contribution in [0.2, 0.25) is 0 Å². The first-order valence-electron chi connectivity index (χ1n) is 7.59. The third-order valence-corrected chi connectivity index (χ3v) is 3.97. The molecule has 4 nitrogen and oxygen atoms in total. The molecule has 25 heavy (non-hydrogen) atoms. The second-order valence-corrected chi connectivity index (χ2v) is 6.51. The molecule has 1 atom stereocenters. The van der Waals surface area contributed by atoms with E-state index in [4.69, 9.17) is 10.5 Å². The quantitative estimate of drug-likeness (QED) is 0.787. The van der Waals surface area contributed by atoms with Gasteiger partial charge in [-0.1, -0.05) is 0 Å². The molecular formula is C18H19ClF2N2O2. The number of nitrogens with two attached hydrogens (primary N) is 1. The van der Waals surface area contributed by atoms with Gasteiger partial charge in [0.1, 0.15) is 23.0 Å². The third kappa shape index (κ3) is 4.02. The van der Waals surface area contributed by atoms with Gasteiger partial charge < -0.3 is 15.8 Å². The van der Waals surface area contributed by atoms with Gasteiger partial charge in [-0.2, -0.15) is 0 Å². The maximum absolute atomic E-state index is 13.8. The van der Waals surface area contributed by atoms with Gasteiger partial charge in [-0.05, 0) is 50.2 Å². The van der Waals surface area contributed by atoms with E-state index in [1.165, 1.54) is 0 Å². The normalized spacial score (nSPS) is 17.7. The molecule has 2 aromatic rings. The minimum Gasteiger partial charge on any atom is -0.487 e. The topological polar surface area (TPSA) is 64.4 Å². The Balaban J connectivity index is 0.00000225. The lowest BCUT2D eigenvalue weighted by Crippen LogP contribution is -2.41. The summed E-state index contributed by atoms with van der Waals surface area (Å²) in [5.41, 5.74) is 6.24. The lowest BCUT2D eigenvalue weighted by atomic mass is 9.89. The van der Waals surface area contributed by atoms with Crippen molar-refractivity contribution in [1.29, 1.82) is 0 Å². The van der Waals surface area contributed by atoms with Crippen molar-refractivity contribution in [1.82, 2.24) is 5.32 Å². The van der Waals surface area contributed by atoms with E-state index in [1.54, 1.807) is 18.2 Å². The van der Waals surface area contributed by atoms with Crippen LogP contribution >= 0.6 is 12.4 Å². The number of nitrogen functional groups attached to an aromatic ring is 1. The number of hydrogen-bond acceptors (Lipinski definition) is 3. The number of nitrogens with one attached hydrogen (secondary N) is 1. The lowest BCUT2D eigenvalue weighted by Gasteiger charge is -2.38. The molecule has 3 N–H and O–H groups in total. The van der Waals surface area contributed by atoms with Crippen molar-refractivity contribution in [2.24, 2.45) is 0 Å². The van der Waals surface area contributed by atoms with Crippen LogP contribution in [0, 0.1) is 11.6 Å². The Kier molecular flexibility index (Phi) is 5.23. The molecule has 2 aromatic carbocycles. The van der Waals surface area contributed by atoms with Gasteiger partial charge in [-0.25, -0.2) is 8.78 Å². The molecule has 3 rings (SSSR count). The monoisotopic (exact) mass is 368 g/mol. The molecule has 1 amide bonds. The second kappa shape index (κ2) is 6.88. The molecule has 1 aliphatic heterocycles. The van der Waals surface area contributed by atoms with Gasteiger partial charge >= 0.3 is 0 Å². The maximum atomic E-state index is 13.8. The Morgan fingerprint density at radius 1 is 1.24 bits per heavy atom. The highest BCUT2D eigenvalue weighted by atomic mass is 35.5. The van der Waals surface area contributed by atoms with Gasteiger partial charge in [0, 0.05) is 17.7 Å². The summed E-state index contributed by atoms with van der Waals surface area (Å²) in [6.45, 7) is 3.79. The van der Waals surface area contributed by atoms with Crippen molar-refractivity contribution in [3.05, 3.63) is 59.2 Å². The molecule has 0 saturated carbocycles. The van der Waals surface area contributed by atoms with E-state index in [-0.39, 0.29) is 18.0 Å². The Morgan fingerprint density at radius 3 is 2.68 bits per heavy atom. The highest BCUT2D eigenvalue weighted by Crippen LogP contribution is 2.40. The first-order valence-corrected chi connectivity index (χ1v) is 7.59. The fourth-order valence-electron chi connectivity index (χ4n) is 2.91.